The summed E-state index contributed by atoms with van der Waals surface area (Å²) >= 11 is 0. The van der Waals surface area contributed by atoms with Gasteiger partial charge in [-0.3, -0.25) is 9.59 Å². The van der Waals surface area contributed by atoms with Gasteiger partial charge in [0.25, 0.3) is 0 Å². The molecule has 192 valence electrons. The molecule has 1 saturated carbocycles. The van der Waals surface area contributed by atoms with E-state index in [1.165, 1.54) is 5.56 Å². The van der Waals surface area contributed by atoms with E-state index in [0.29, 0.717) is 26.2 Å². The van der Waals surface area contributed by atoms with Gasteiger partial charge < -0.3 is 15.0 Å². The van der Waals surface area contributed by atoms with Gasteiger partial charge in [0.05, 0.1) is 5.52 Å². The number of aryl methyl sites for hydroxylation is 1. The minimum Gasteiger partial charge on any atom is -0.382 e. The number of nitrogens with one attached hydrogen (secondary N) is 1. The number of nitrogens with zero attached hydrogens (tertiary/aromatic N) is 4. The van der Waals surface area contributed by atoms with E-state index in [1.54, 1.807) is 9.58 Å². The average molecular weight is 492 g/mol. The molecule has 8 heteroatoms. The second kappa shape index (κ2) is 12.6. The first-order valence-electron chi connectivity index (χ1n) is 13.1. The first-order valence-corrected chi connectivity index (χ1v) is 13.1. The van der Waals surface area contributed by atoms with Crippen molar-refractivity contribution in [2.24, 2.45) is 0 Å². The normalized spacial score (nSPS) is 14.7. The number of para-hydroxylation sites is 1. The van der Waals surface area contributed by atoms with Crippen molar-refractivity contribution in [3.63, 3.8) is 0 Å². The molecule has 0 saturated heterocycles. The molecular formula is C28H37N5O3. The second-order valence-electron chi connectivity index (χ2n) is 9.36. The first-order chi connectivity index (χ1) is 17.6. The summed E-state index contributed by atoms with van der Waals surface area (Å²) in [5, 5.41) is 11.6. The van der Waals surface area contributed by atoms with E-state index in [4.69, 9.17) is 4.74 Å². The van der Waals surface area contributed by atoms with Gasteiger partial charge in [-0.25, -0.2) is 4.68 Å². The Hall–Kier alpha value is -3.26. The molecule has 1 unspecified atom stereocenters. The van der Waals surface area contributed by atoms with Crippen molar-refractivity contribution >= 4 is 22.8 Å². The summed E-state index contributed by atoms with van der Waals surface area (Å²) in [6.45, 7) is 5.61. The van der Waals surface area contributed by atoms with Gasteiger partial charge in [-0.2, -0.15) is 0 Å². The summed E-state index contributed by atoms with van der Waals surface area (Å²) in [6.07, 6.45) is 5.76. The molecule has 1 fully saturated rings. The van der Waals surface area contributed by atoms with Crippen LogP contribution in [0.15, 0.2) is 48.5 Å². The molecule has 1 heterocycles. The van der Waals surface area contributed by atoms with E-state index in [0.717, 1.165) is 48.7 Å². The predicted molar refractivity (Wildman–Crippen MR) is 139 cm³/mol. The maximum absolute atomic E-state index is 13.8. The Balaban J connectivity index is 1.64. The molecule has 0 aliphatic heterocycles. The van der Waals surface area contributed by atoms with E-state index in [-0.39, 0.29) is 24.4 Å². The van der Waals surface area contributed by atoms with Crippen LogP contribution in [0.2, 0.25) is 0 Å². The lowest BCUT2D eigenvalue weighted by Gasteiger charge is -2.32. The quantitative estimate of drug-likeness (QED) is 0.386. The highest BCUT2D eigenvalue weighted by Gasteiger charge is 2.33. The van der Waals surface area contributed by atoms with Crippen LogP contribution < -0.4 is 5.32 Å². The Labute approximate surface area is 213 Å². The molecule has 1 aliphatic carbocycles. The van der Waals surface area contributed by atoms with E-state index in [1.807, 2.05) is 55.5 Å². The van der Waals surface area contributed by atoms with Crippen LogP contribution in [0.1, 0.15) is 63.1 Å². The van der Waals surface area contributed by atoms with Crippen molar-refractivity contribution < 1.29 is 14.3 Å². The van der Waals surface area contributed by atoms with Crippen molar-refractivity contribution in [1.29, 1.82) is 0 Å². The lowest BCUT2D eigenvalue weighted by Crippen LogP contribution is -2.47. The minimum atomic E-state index is -0.722. The van der Waals surface area contributed by atoms with Crippen molar-refractivity contribution in [3.05, 3.63) is 59.7 Å². The Kier molecular flexibility index (Phi) is 9.06. The Morgan fingerprint density at radius 3 is 2.58 bits per heavy atom. The molecule has 36 heavy (non-hydrogen) atoms. The fourth-order valence-electron chi connectivity index (χ4n) is 4.89. The standard InChI is InChI=1S/C28H37N5O3/c1-3-21-14-16-22(17-15-21)27(28(35)29-23-10-5-6-11-23)32(18-9-19-36-4-2)26(34)20-33-25-13-8-7-12-24(25)30-31-33/h7-8,12-17,23,27H,3-6,9-11,18-20H2,1-2H3,(H,29,35). The maximum Gasteiger partial charge on any atom is 0.247 e. The number of fused-ring (bicyclic) bond motifs is 1. The molecule has 4 rings (SSSR count). The first kappa shape index (κ1) is 25.8. The monoisotopic (exact) mass is 491 g/mol. The SMILES string of the molecule is CCOCCCN(C(=O)Cn1nnc2ccccc21)C(C(=O)NC1CCCC1)c1ccc(CC)cc1. The largest absolute Gasteiger partial charge is 0.382 e. The molecule has 2 aromatic carbocycles. The lowest BCUT2D eigenvalue weighted by molar-refractivity contribution is -0.142. The fourth-order valence-corrected chi connectivity index (χ4v) is 4.89. The van der Waals surface area contributed by atoms with Crippen LogP contribution in [0.4, 0.5) is 0 Å². The molecule has 8 nitrogen and oxygen atoms in total. The van der Waals surface area contributed by atoms with Crippen LogP contribution in [-0.2, 0) is 27.3 Å². The van der Waals surface area contributed by atoms with E-state index >= 15 is 0 Å². The van der Waals surface area contributed by atoms with Crippen LogP contribution in [0.25, 0.3) is 11.0 Å². The average Bonchev–Trinajstić information content (AvgIpc) is 3.56. The summed E-state index contributed by atoms with van der Waals surface area (Å²) in [6, 6.07) is 15.0. The highest BCUT2D eigenvalue weighted by atomic mass is 16.5. The summed E-state index contributed by atoms with van der Waals surface area (Å²) in [4.78, 5) is 29.2. The van der Waals surface area contributed by atoms with Crippen molar-refractivity contribution in [2.45, 2.75) is 71.0 Å². The van der Waals surface area contributed by atoms with Crippen LogP contribution in [-0.4, -0.2) is 57.5 Å². The zero-order valence-corrected chi connectivity index (χ0v) is 21.4. The number of ether oxygens (including phenoxy) is 1. The third kappa shape index (κ3) is 6.29. The summed E-state index contributed by atoms with van der Waals surface area (Å²) in [7, 11) is 0. The summed E-state index contributed by atoms with van der Waals surface area (Å²) < 4.78 is 7.16. The molecule has 3 aromatic rings. The third-order valence-corrected chi connectivity index (χ3v) is 6.88. The molecule has 1 N–H and O–H groups in total. The molecular weight excluding hydrogens is 454 g/mol. The van der Waals surface area contributed by atoms with E-state index in [2.05, 4.69) is 22.6 Å². The molecule has 1 aromatic heterocycles. The number of aromatic nitrogens is 3. The van der Waals surface area contributed by atoms with E-state index in [9.17, 15) is 9.59 Å². The van der Waals surface area contributed by atoms with Crippen LogP contribution in [0, 0.1) is 0 Å². The summed E-state index contributed by atoms with van der Waals surface area (Å²) in [5.41, 5.74) is 3.53. The summed E-state index contributed by atoms with van der Waals surface area (Å²) in [5.74, 6) is -0.298. The number of carbonyl (C=O) groups is 2. The Morgan fingerprint density at radius 1 is 1.11 bits per heavy atom. The van der Waals surface area contributed by atoms with Gasteiger partial charge in [-0.1, -0.05) is 61.4 Å². The maximum atomic E-state index is 13.8. The van der Waals surface area contributed by atoms with Gasteiger partial charge in [0.2, 0.25) is 11.8 Å². The number of carbonyl (C=O) groups excluding carboxylic acids is 2. The highest BCUT2D eigenvalue weighted by Crippen LogP contribution is 2.26. The van der Waals surface area contributed by atoms with Gasteiger partial charge in [-0.15, -0.1) is 5.10 Å². The third-order valence-electron chi connectivity index (χ3n) is 6.88. The van der Waals surface area contributed by atoms with Crippen LogP contribution >= 0.6 is 0 Å². The predicted octanol–water partition coefficient (Wildman–Crippen LogP) is 4.05. The molecule has 1 atom stereocenters. The fraction of sp³-hybridized carbons (Fsp3) is 0.500. The molecule has 0 bridgehead atoms. The van der Waals surface area contributed by atoms with E-state index < -0.39 is 6.04 Å². The number of rotatable bonds is 12. The zero-order chi connectivity index (χ0) is 25.3. The molecule has 0 radical (unpaired) electrons. The second-order valence-corrected chi connectivity index (χ2v) is 9.36. The van der Waals surface area contributed by atoms with Crippen molar-refractivity contribution in [2.75, 3.05) is 19.8 Å². The number of benzene rings is 2. The number of amides is 2. The van der Waals surface area contributed by atoms with Gasteiger partial charge in [0.1, 0.15) is 18.1 Å². The molecule has 0 spiro atoms. The van der Waals surface area contributed by atoms with Crippen LogP contribution in [0.3, 0.4) is 0 Å². The Bertz CT molecular complexity index is 1140. The van der Waals surface area contributed by atoms with Gasteiger partial charge in [0.15, 0.2) is 0 Å². The topological polar surface area (TPSA) is 89.3 Å². The lowest BCUT2D eigenvalue weighted by atomic mass is 10.0. The van der Waals surface area contributed by atoms with Crippen LogP contribution in [0.5, 0.6) is 0 Å². The van der Waals surface area contributed by atoms with Crippen molar-refractivity contribution in [1.82, 2.24) is 25.2 Å². The van der Waals surface area contributed by atoms with Gasteiger partial charge >= 0.3 is 0 Å². The number of hydrogen-bond donors (Lipinski definition) is 1. The minimum absolute atomic E-state index is 0.00933. The molecule has 1 aliphatic rings. The smallest absolute Gasteiger partial charge is 0.247 e. The highest BCUT2D eigenvalue weighted by molar-refractivity contribution is 5.89. The Morgan fingerprint density at radius 2 is 1.86 bits per heavy atom. The van der Waals surface area contributed by atoms with Gasteiger partial charge in [-0.05, 0) is 55.9 Å². The zero-order valence-electron chi connectivity index (χ0n) is 21.4. The van der Waals surface area contributed by atoms with Crippen molar-refractivity contribution in [3.8, 4) is 0 Å². The number of hydrogen-bond acceptors (Lipinski definition) is 5. The van der Waals surface area contributed by atoms with Gasteiger partial charge in [0, 0.05) is 25.8 Å². The molecule has 2 amide bonds.